The third-order valence-corrected chi connectivity index (χ3v) is 2.41. The number of hydrogen-bond donors (Lipinski definition) is 1. The van der Waals surface area contributed by atoms with Crippen LogP contribution in [0.2, 0.25) is 5.02 Å². The Morgan fingerprint density at radius 1 is 1.29 bits per heavy atom. The summed E-state index contributed by atoms with van der Waals surface area (Å²) < 4.78 is 18.3. The number of nitrogens with zero attached hydrogens (tertiary/aromatic N) is 1. The second-order valence-corrected chi connectivity index (χ2v) is 3.90. The van der Waals surface area contributed by atoms with Crippen molar-refractivity contribution in [3.63, 3.8) is 0 Å². The largest absolute Gasteiger partial charge is 0.487 e. The van der Waals surface area contributed by atoms with E-state index in [1.165, 1.54) is 12.3 Å². The summed E-state index contributed by atoms with van der Waals surface area (Å²) in [7, 11) is 0. The Bertz CT molecular complexity index is 534. The monoisotopic (exact) mass is 252 g/mol. The maximum atomic E-state index is 12.9. The van der Waals surface area contributed by atoms with Crippen molar-refractivity contribution in [3.05, 3.63) is 53.1 Å². The lowest BCUT2D eigenvalue weighted by atomic mass is 10.3. The molecule has 2 aromatic rings. The molecule has 1 aromatic heterocycles. The van der Waals surface area contributed by atoms with Gasteiger partial charge in [-0.15, -0.1) is 0 Å². The molecule has 2 N–H and O–H groups in total. The van der Waals surface area contributed by atoms with Gasteiger partial charge in [0.2, 0.25) is 0 Å². The van der Waals surface area contributed by atoms with Crippen LogP contribution in [0.3, 0.4) is 0 Å². The van der Waals surface area contributed by atoms with Crippen molar-refractivity contribution in [2.45, 2.75) is 6.61 Å². The number of nitrogens with two attached hydrogens (primary N) is 1. The van der Waals surface area contributed by atoms with Gasteiger partial charge >= 0.3 is 0 Å². The molecule has 0 fully saturated rings. The molecule has 0 atom stereocenters. The van der Waals surface area contributed by atoms with Gasteiger partial charge in [-0.25, -0.2) is 4.39 Å². The Labute approximate surface area is 103 Å². The SMILES string of the molecule is Nc1ccc(OCc2cncc(F)c2)c(Cl)c1. The van der Waals surface area contributed by atoms with Crippen LogP contribution in [0, 0.1) is 5.82 Å². The lowest BCUT2D eigenvalue weighted by Crippen LogP contribution is -1.97. The number of benzene rings is 1. The van der Waals surface area contributed by atoms with E-state index in [1.807, 2.05) is 0 Å². The highest BCUT2D eigenvalue weighted by atomic mass is 35.5. The molecule has 0 saturated heterocycles. The van der Waals surface area contributed by atoms with E-state index in [4.69, 9.17) is 22.1 Å². The number of pyridine rings is 1. The molecule has 1 aromatic carbocycles. The number of halogens is 2. The second-order valence-electron chi connectivity index (χ2n) is 3.49. The number of ether oxygens (including phenoxy) is 1. The van der Waals surface area contributed by atoms with Crippen LogP contribution in [0.5, 0.6) is 5.75 Å². The normalized spacial score (nSPS) is 10.2. The number of hydrogen-bond acceptors (Lipinski definition) is 3. The molecule has 0 amide bonds. The maximum Gasteiger partial charge on any atom is 0.141 e. The van der Waals surface area contributed by atoms with Crippen molar-refractivity contribution in [3.8, 4) is 5.75 Å². The van der Waals surface area contributed by atoms with Crippen LogP contribution in [0.15, 0.2) is 36.7 Å². The van der Waals surface area contributed by atoms with Crippen molar-refractivity contribution in [1.82, 2.24) is 4.98 Å². The van der Waals surface area contributed by atoms with E-state index >= 15 is 0 Å². The number of aromatic nitrogens is 1. The Balaban J connectivity index is 2.07. The van der Waals surface area contributed by atoms with Gasteiger partial charge in [-0.1, -0.05) is 11.6 Å². The van der Waals surface area contributed by atoms with Gasteiger partial charge in [0.15, 0.2) is 0 Å². The van der Waals surface area contributed by atoms with Gasteiger partial charge in [-0.05, 0) is 24.3 Å². The molecule has 0 unspecified atom stereocenters. The summed E-state index contributed by atoms with van der Waals surface area (Å²) in [5.74, 6) is 0.111. The van der Waals surface area contributed by atoms with Crippen molar-refractivity contribution >= 4 is 17.3 Å². The van der Waals surface area contributed by atoms with E-state index in [-0.39, 0.29) is 6.61 Å². The van der Waals surface area contributed by atoms with Crippen LogP contribution in [-0.4, -0.2) is 4.98 Å². The molecular formula is C12H10ClFN2O. The summed E-state index contributed by atoms with van der Waals surface area (Å²) in [4.78, 5) is 3.73. The molecule has 0 aliphatic carbocycles. The van der Waals surface area contributed by atoms with E-state index < -0.39 is 5.82 Å². The molecule has 0 aliphatic rings. The number of nitrogen functional groups attached to an aromatic ring is 1. The zero-order valence-corrected chi connectivity index (χ0v) is 9.62. The molecule has 0 radical (unpaired) electrons. The van der Waals surface area contributed by atoms with Gasteiger partial charge < -0.3 is 10.5 Å². The smallest absolute Gasteiger partial charge is 0.141 e. The first-order valence-electron chi connectivity index (χ1n) is 4.92. The van der Waals surface area contributed by atoms with E-state index in [0.29, 0.717) is 22.0 Å². The van der Waals surface area contributed by atoms with Crippen LogP contribution < -0.4 is 10.5 Å². The fourth-order valence-electron chi connectivity index (χ4n) is 1.33. The zero-order chi connectivity index (χ0) is 12.3. The Kier molecular flexibility index (Phi) is 3.44. The Hall–Kier alpha value is -1.81. The highest BCUT2D eigenvalue weighted by Gasteiger charge is 2.03. The summed E-state index contributed by atoms with van der Waals surface area (Å²) >= 11 is 5.93. The molecule has 1 heterocycles. The fourth-order valence-corrected chi connectivity index (χ4v) is 1.57. The summed E-state index contributed by atoms with van der Waals surface area (Å²) in [6, 6.07) is 6.31. The predicted molar refractivity (Wildman–Crippen MR) is 64.4 cm³/mol. The van der Waals surface area contributed by atoms with Crippen molar-refractivity contribution in [1.29, 1.82) is 0 Å². The third kappa shape index (κ3) is 3.07. The molecule has 17 heavy (non-hydrogen) atoms. The summed E-state index contributed by atoms with van der Waals surface area (Å²) in [5, 5.41) is 0.425. The minimum Gasteiger partial charge on any atom is -0.487 e. The fraction of sp³-hybridized carbons (Fsp3) is 0.0833. The molecule has 88 valence electrons. The number of rotatable bonds is 3. The molecular weight excluding hydrogens is 243 g/mol. The van der Waals surface area contributed by atoms with Crippen LogP contribution in [0.4, 0.5) is 10.1 Å². The highest BCUT2D eigenvalue weighted by molar-refractivity contribution is 6.32. The minimum atomic E-state index is -0.394. The molecule has 0 aliphatic heterocycles. The first kappa shape index (κ1) is 11.7. The van der Waals surface area contributed by atoms with Crippen molar-refractivity contribution < 1.29 is 9.13 Å². The van der Waals surface area contributed by atoms with Crippen LogP contribution >= 0.6 is 11.6 Å². The van der Waals surface area contributed by atoms with Crippen LogP contribution in [0.25, 0.3) is 0 Å². The highest BCUT2D eigenvalue weighted by Crippen LogP contribution is 2.27. The van der Waals surface area contributed by atoms with E-state index in [1.54, 1.807) is 18.2 Å². The number of anilines is 1. The van der Waals surface area contributed by atoms with E-state index in [2.05, 4.69) is 4.98 Å². The van der Waals surface area contributed by atoms with Gasteiger partial charge in [0, 0.05) is 17.4 Å². The van der Waals surface area contributed by atoms with Gasteiger partial charge in [0.05, 0.1) is 11.2 Å². The molecule has 0 saturated carbocycles. The van der Waals surface area contributed by atoms with Crippen LogP contribution in [0.1, 0.15) is 5.56 Å². The first-order chi connectivity index (χ1) is 8.15. The molecule has 5 heteroatoms. The molecule has 2 rings (SSSR count). The Morgan fingerprint density at radius 2 is 2.12 bits per heavy atom. The average Bonchev–Trinajstić information content (AvgIpc) is 2.28. The van der Waals surface area contributed by atoms with Gasteiger partial charge in [-0.2, -0.15) is 0 Å². The quantitative estimate of drug-likeness (QED) is 0.854. The van der Waals surface area contributed by atoms with E-state index in [0.717, 1.165) is 6.20 Å². The van der Waals surface area contributed by atoms with Crippen molar-refractivity contribution in [2.75, 3.05) is 5.73 Å². The first-order valence-corrected chi connectivity index (χ1v) is 5.30. The standard InChI is InChI=1S/C12H10ClFN2O/c13-11-4-10(15)1-2-12(11)17-7-8-3-9(14)6-16-5-8/h1-6H,7,15H2. The maximum absolute atomic E-state index is 12.9. The van der Waals surface area contributed by atoms with Gasteiger partial charge in [0.25, 0.3) is 0 Å². The summed E-state index contributed by atoms with van der Waals surface area (Å²) in [6.07, 6.45) is 2.67. The lowest BCUT2D eigenvalue weighted by molar-refractivity contribution is 0.305. The third-order valence-electron chi connectivity index (χ3n) is 2.11. The predicted octanol–water partition coefficient (Wildman–Crippen LogP) is 3.04. The zero-order valence-electron chi connectivity index (χ0n) is 8.86. The average molecular weight is 253 g/mol. The van der Waals surface area contributed by atoms with E-state index in [9.17, 15) is 4.39 Å². The lowest BCUT2D eigenvalue weighted by Gasteiger charge is -2.08. The summed E-state index contributed by atoms with van der Waals surface area (Å²) in [5.41, 5.74) is 6.76. The molecule has 0 bridgehead atoms. The summed E-state index contributed by atoms with van der Waals surface area (Å²) in [6.45, 7) is 0.203. The molecule has 0 spiro atoms. The Morgan fingerprint density at radius 3 is 2.82 bits per heavy atom. The van der Waals surface area contributed by atoms with Crippen LogP contribution in [-0.2, 0) is 6.61 Å². The van der Waals surface area contributed by atoms with Crippen molar-refractivity contribution in [2.24, 2.45) is 0 Å². The van der Waals surface area contributed by atoms with Gasteiger partial charge in [-0.3, -0.25) is 4.98 Å². The van der Waals surface area contributed by atoms with Gasteiger partial charge in [0.1, 0.15) is 18.2 Å². The second kappa shape index (κ2) is 5.01. The molecule has 3 nitrogen and oxygen atoms in total. The topological polar surface area (TPSA) is 48.1 Å². The minimum absolute atomic E-state index is 0.203.